The molecule has 0 saturated carbocycles. The van der Waals surface area contributed by atoms with Gasteiger partial charge in [-0.3, -0.25) is 18.9 Å². The Morgan fingerprint density at radius 1 is 0.759 bits per heavy atom. The van der Waals surface area contributed by atoms with E-state index in [9.17, 15) is 24.1 Å². The van der Waals surface area contributed by atoms with E-state index in [4.69, 9.17) is 19.3 Å². The van der Waals surface area contributed by atoms with Crippen LogP contribution in [0, 0.1) is 11.8 Å². The normalized spacial score (nSPS) is 17.5. The molecular formula is C43H71O10P. The second-order valence-electron chi connectivity index (χ2n) is 14.3. The van der Waals surface area contributed by atoms with Crippen molar-refractivity contribution in [2.45, 2.75) is 167 Å². The zero-order valence-corrected chi connectivity index (χ0v) is 34.1. The topological polar surface area (TPSA) is 157 Å². The second kappa shape index (κ2) is 32.6. The molecule has 1 aliphatic rings. The van der Waals surface area contributed by atoms with Gasteiger partial charge in [-0.25, -0.2) is 4.57 Å². The van der Waals surface area contributed by atoms with E-state index in [1.54, 1.807) is 12.2 Å². The summed E-state index contributed by atoms with van der Waals surface area (Å²) in [6, 6.07) is 0. The third-order valence-electron chi connectivity index (χ3n) is 9.26. The van der Waals surface area contributed by atoms with E-state index >= 15 is 0 Å². The lowest BCUT2D eigenvalue weighted by Gasteiger charge is -2.18. The number of ether oxygens (including phenoxy) is 2. The van der Waals surface area contributed by atoms with Crippen LogP contribution in [0.4, 0.5) is 0 Å². The number of hydrogen-bond donors (Lipinski definition) is 3. The van der Waals surface area contributed by atoms with E-state index in [-0.39, 0.29) is 37.1 Å². The highest BCUT2D eigenvalue weighted by Gasteiger charge is 2.27. The van der Waals surface area contributed by atoms with Crippen molar-refractivity contribution < 1.29 is 47.8 Å². The predicted molar refractivity (Wildman–Crippen MR) is 215 cm³/mol. The van der Waals surface area contributed by atoms with E-state index in [0.717, 1.165) is 57.8 Å². The molecule has 10 nitrogen and oxygen atoms in total. The molecule has 0 saturated heterocycles. The van der Waals surface area contributed by atoms with Crippen molar-refractivity contribution in [2.24, 2.45) is 11.8 Å². The van der Waals surface area contributed by atoms with Crippen LogP contribution in [0.15, 0.2) is 60.8 Å². The first-order chi connectivity index (χ1) is 26.1. The number of esters is 2. The van der Waals surface area contributed by atoms with Crippen LogP contribution in [0.3, 0.4) is 0 Å². The molecule has 0 aromatic carbocycles. The van der Waals surface area contributed by atoms with E-state index in [0.29, 0.717) is 32.1 Å². The van der Waals surface area contributed by atoms with E-state index in [2.05, 4.69) is 42.7 Å². The number of hydrogen-bond acceptors (Lipinski definition) is 8. The summed E-state index contributed by atoms with van der Waals surface area (Å²) < 4.78 is 26.4. The van der Waals surface area contributed by atoms with Gasteiger partial charge in [0.05, 0.1) is 12.7 Å². The van der Waals surface area contributed by atoms with Crippen molar-refractivity contribution in [1.29, 1.82) is 0 Å². The maximum Gasteiger partial charge on any atom is 0.469 e. The molecule has 0 unspecified atom stereocenters. The van der Waals surface area contributed by atoms with Crippen LogP contribution in [0.1, 0.15) is 155 Å². The molecule has 0 aliphatic heterocycles. The fourth-order valence-corrected chi connectivity index (χ4v) is 6.40. The Balaban J connectivity index is 2.26. The molecule has 1 rings (SSSR count). The van der Waals surface area contributed by atoms with E-state index < -0.39 is 38.6 Å². The molecule has 308 valence electrons. The van der Waals surface area contributed by atoms with Gasteiger partial charge < -0.3 is 24.4 Å². The largest absolute Gasteiger partial charge is 0.469 e. The van der Waals surface area contributed by atoms with Crippen LogP contribution in [-0.4, -0.2) is 58.0 Å². The van der Waals surface area contributed by atoms with Crippen LogP contribution in [0.2, 0.25) is 0 Å². The predicted octanol–water partition coefficient (Wildman–Crippen LogP) is 10.1. The highest BCUT2D eigenvalue weighted by molar-refractivity contribution is 7.46. The van der Waals surface area contributed by atoms with Gasteiger partial charge >= 0.3 is 19.8 Å². The number of rotatable bonds is 34. The van der Waals surface area contributed by atoms with Crippen LogP contribution in [0.25, 0.3) is 0 Å². The Bertz CT molecular complexity index is 1200. The number of phosphoric ester groups is 1. The molecule has 0 radical (unpaired) electrons. The summed E-state index contributed by atoms with van der Waals surface area (Å²) in [6.45, 7) is 3.38. The lowest BCUT2D eigenvalue weighted by Crippen LogP contribution is -2.29. The SMILES string of the molecule is CCCCC/C=C\C/C=C\CCCCCCCCCC(=O)O[C@H](COC(=O)CCC/C=C\C[C@H]1C=CC(=O)[C@@H]1/C=C/[C@@H](O)CCCCC)COP(=O)(O)O. The molecule has 54 heavy (non-hydrogen) atoms. The van der Waals surface area contributed by atoms with Gasteiger partial charge in [-0.05, 0) is 76.2 Å². The Hall–Kier alpha value is -2.62. The van der Waals surface area contributed by atoms with Crippen LogP contribution in [0.5, 0.6) is 0 Å². The Kier molecular flexibility index (Phi) is 29.8. The number of allylic oxidation sites excluding steroid dienone is 9. The second-order valence-corrected chi connectivity index (χ2v) is 15.5. The smallest absolute Gasteiger partial charge is 0.462 e. The zero-order valence-electron chi connectivity index (χ0n) is 33.2. The lowest BCUT2D eigenvalue weighted by molar-refractivity contribution is -0.161. The van der Waals surface area contributed by atoms with Crippen molar-refractivity contribution in [3.05, 3.63) is 60.8 Å². The molecule has 0 spiro atoms. The maximum atomic E-state index is 12.4. The van der Waals surface area contributed by atoms with Crippen molar-refractivity contribution in [1.82, 2.24) is 0 Å². The minimum absolute atomic E-state index is 0.0261. The minimum Gasteiger partial charge on any atom is -0.462 e. The Labute approximate surface area is 325 Å². The molecule has 4 atom stereocenters. The van der Waals surface area contributed by atoms with Crippen molar-refractivity contribution >= 4 is 25.5 Å². The fourth-order valence-electron chi connectivity index (χ4n) is 6.04. The zero-order chi connectivity index (χ0) is 39.7. The summed E-state index contributed by atoms with van der Waals surface area (Å²) >= 11 is 0. The van der Waals surface area contributed by atoms with Crippen LogP contribution in [-0.2, 0) is 32.9 Å². The molecule has 0 amide bonds. The number of unbranched alkanes of at least 4 members (excludes halogenated alkanes) is 13. The third kappa shape index (κ3) is 28.8. The monoisotopic (exact) mass is 778 g/mol. The number of ketones is 1. The van der Waals surface area contributed by atoms with Crippen LogP contribution >= 0.6 is 7.82 Å². The molecule has 0 heterocycles. The molecule has 1 aliphatic carbocycles. The summed E-state index contributed by atoms with van der Waals surface area (Å²) in [7, 11) is -4.81. The van der Waals surface area contributed by atoms with Gasteiger partial charge in [0.1, 0.15) is 6.61 Å². The summed E-state index contributed by atoms with van der Waals surface area (Å²) in [5.41, 5.74) is 0. The average molecular weight is 779 g/mol. The quantitative estimate of drug-likeness (QED) is 0.0249. The number of carbonyl (C=O) groups excluding carboxylic acids is 3. The molecule has 3 N–H and O–H groups in total. The summed E-state index contributed by atoms with van der Waals surface area (Å²) in [5.74, 6) is -1.27. The fraction of sp³-hybridized carbons (Fsp3) is 0.698. The first-order valence-electron chi connectivity index (χ1n) is 20.6. The van der Waals surface area contributed by atoms with Crippen molar-refractivity contribution in [3.8, 4) is 0 Å². The minimum atomic E-state index is -4.81. The summed E-state index contributed by atoms with van der Waals surface area (Å²) in [5, 5.41) is 10.2. The number of aliphatic hydroxyl groups is 1. The summed E-state index contributed by atoms with van der Waals surface area (Å²) in [6.07, 6.45) is 38.5. The third-order valence-corrected chi connectivity index (χ3v) is 9.74. The molecule has 0 bridgehead atoms. The lowest BCUT2D eigenvalue weighted by atomic mass is 9.90. The van der Waals surface area contributed by atoms with Crippen LogP contribution < -0.4 is 0 Å². The molecular weight excluding hydrogens is 707 g/mol. The van der Waals surface area contributed by atoms with Gasteiger partial charge in [-0.2, -0.15) is 0 Å². The highest BCUT2D eigenvalue weighted by Crippen LogP contribution is 2.36. The van der Waals surface area contributed by atoms with Gasteiger partial charge in [0, 0.05) is 18.8 Å². The average Bonchev–Trinajstić information content (AvgIpc) is 3.49. The van der Waals surface area contributed by atoms with Gasteiger partial charge in [0.15, 0.2) is 11.9 Å². The summed E-state index contributed by atoms with van der Waals surface area (Å²) in [4.78, 5) is 55.3. The Morgan fingerprint density at radius 3 is 2.04 bits per heavy atom. The standard InChI is InChI=1S/C43H71O10P/c1-3-5-7-8-9-10-11-12-13-14-15-16-17-18-19-20-26-30-43(47)53-39(36-52-54(48,49)50)35-51-42(46)29-25-22-21-24-27-37-31-34-41(45)40(37)33-32-38(44)28-23-6-4-2/h9-10,12-13,21,24,31-34,37-40,44H,3-8,11,14-20,22-23,25-30,35-36H2,1-2H3,(H2,48,49,50)/b10-9-,13-12-,24-21-,33-32+/t37-,38-,39+,40+/m0/s1. The van der Waals surface area contributed by atoms with Gasteiger partial charge in [-0.1, -0.05) is 133 Å². The first-order valence-corrected chi connectivity index (χ1v) is 22.2. The molecule has 11 heteroatoms. The van der Waals surface area contributed by atoms with Crippen molar-refractivity contribution in [2.75, 3.05) is 13.2 Å². The van der Waals surface area contributed by atoms with E-state index in [1.807, 2.05) is 24.3 Å². The Morgan fingerprint density at radius 2 is 1.35 bits per heavy atom. The van der Waals surface area contributed by atoms with Gasteiger partial charge in [0.2, 0.25) is 0 Å². The van der Waals surface area contributed by atoms with Crippen molar-refractivity contribution in [3.63, 3.8) is 0 Å². The highest BCUT2D eigenvalue weighted by atomic mass is 31.2. The number of carbonyl (C=O) groups is 3. The maximum absolute atomic E-state index is 12.4. The molecule has 0 fully saturated rings. The van der Waals surface area contributed by atoms with Gasteiger partial charge in [-0.15, -0.1) is 0 Å². The molecule has 0 aromatic rings. The number of phosphoric acid groups is 1. The molecule has 0 aromatic heterocycles. The van der Waals surface area contributed by atoms with Gasteiger partial charge in [0.25, 0.3) is 0 Å². The number of aliphatic hydroxyl groups excluding tert-OH is 1. The van der Waals surface area contributed by atoms with E-state index in [1.165, 1.54) is 38.5 Å². The first kappa shape index (κ1) is 49.4.